The fourth-order valence-electron chi connectivity index (χ4n) is 1.73. The second-order valence-electron chi connectivity index (χ2n) is 4.04. The fraction of sp³-hybridized carbons (Fsp3) is 0.0714. The van der Waals surface area contributed by atoms with E-state index in [0.29, 0.717) is 16.6 Å². The van der Waals surface area contributed by atoms with Crippen molar-refractivity contribution in [2.75, 3.05) is 5.32 Å². The molecular formula is C14H10BrN3O2. The van der Waals surface area contributed by atoms with Gasteiger partial charge in [0.2, 0.25) is 0 Å². The predicted octanol–water partition coefficient (Wildman–Crippen LogP) is 3.84. The van der Waals surface area contributed by atoms with Crippen molar-refractivity contribution in [3.8, 4) is 6.07 Å². The van der Waals surface area contributed by atoms with Crippen LogP contribution in [0.15, 0.2) is 46.9 Å². The summed E-state index contributed by atoms with van der Waals surface area (Å²) in [5.41, 5.74) is 2.25. The molecule has 20 heavy (non-hydrogen) atoms. The molecule has 0 unspecified atom stereocenters. The smallest absolute Gasteiger partial charge is 0.270 e. The summed E-state index contributed by atoms with van der Waals surface area (Å²) >= 11 is 3.29. The Bertz CT molecular complexity index is 695. The first kappa shape index (κ1) is 14.0. The van der Waals surface area contributed by atoms with Crippen LogP contribution >= 0.6 is 15.9 Å². The van der Waals surface area contributed by atoms with Crippen LogP contribution in [0.2, 0.25) is 0 Å². The molecule has 0 aliphatic rings. The van der Waals surface area contributed by atoms with Gasteiger partial charge in [-0.1, -0.05) is 18.2 Å². The van der Waals surface area contributed by atoms with Crippen LogP contribution in [0.3, 0.4) is 0 Å². The van der Waals surface area contributed by atoms with Crippen LogP contribution in [0.4, 0.5) is 11.4 Å². The maximum atomic E-state index is 10.7. The Labute approximate surface area is 124 Å². The van der Waals surface area contributed by atoms with E-state index in [9.17, 15) is 10.1 Å². The SMILES string of the molecule is N#Cc1ccccc1CNc1ccc([N+](=O)[O-])cc1Br. The van der Waals surface area contributed by atoms with Crippen molar-refractivity contribution >= 4 is 27.3 Å². The molecule has 2 rings (SSSR count). The van der Waals surface area contributed by atoms with E-state index in [0.717, 1.165) is 11.3 Å². The Morgan fingerprint density at radius 2 is 2.05 bits per heavy atom. The van der Waals surface area contributed by atoms with E-state index < -0.39 is 4.92 Å². The zero-order valence-electron chi connectivity index (χ0n) is 10.3. The van der Waals surface area contributed by atoms with Crippen LogP contribution in [0, 0.1) is 21.4 Å². The highest BCUT2D eigenvalue weighted by Crippen LogP contribution is 2.27. The molecule has 0 aliphatic heterocycles. The summed E-state index contributed by atoms with van der Waals surface area (Å²) in [7, 11) is 0. The van der Waals surface area contributed by atoms with Crippen LogP contribution in [-0.2, 0) is 6.54 Å². The number of hydrogen-bond acceptors (Lipinski definition) is 4. The van der Waals surface area contributed by atoms with Crippen molar-refractivity contribution in [1.82, 2.24) is 0 Å². The van der Waals surface area contributed by atoms with E-state index >= 15 is 0 Å². The molecule has 0 aliphatic carbocycles. The Balaban J connectivity index is 2.16. The molecule has 100 valence electrons. The van der Waals surface area contributed by atoms with Crippen LogP contribution in [-0.4, -0.2) is 4.92 Å². The molecular weight excluding hydrogens is 322 g/mol. The van der Waals surface area contributed by atoms with Gasteiger partial charge in [-0.05, 0) is 33.6 Å². The van der Waals surface area contributed by atoms with Crippen molar-refractivity contribution in [1.29, 1.82) is 5.26 Å². The van der Waals surface area contributed by atoms with E-state index in [1.54, 1.807) is 12.1 Å². The van der Waals surface area contributed by atoms with E-state index in [-0.39, 0.29) is 5.69 Å². The number of nitrogens with zero attached hydrogens (tertiary/aromatic N) is 2. The van der Waals surface area contributed by atoms with Crippen molar-refractivity contribution in [2.45, 2.75) is 6.54 Å². The van der Waals surface area contributed by atoms with Gasteiger partial charge in [-0.3, -0.25) is 10.1 Å². The van der Waals surface area contributed by atoms with Crippen LogP contribution < -0.4 is 5.32 Å². The minimum atomic E-state index is -0.445. The average Bonchev–Trinajstić information content (AvgIpc) is 2.46. The Morgan fingerprint density at radius 3 is 2.70 bits per heavy atom. The number of rotatable bonds is 4. The molecule has 1 N–H and O–H groups in total. The van der Waals surface area contributed by atoms with Gasteiger partial charge in [-0.2, -0.15) is 5.26 Å². The molecule has 0 saturated heterocycles. The van der Waals surface area contributed by atoms with E-state index in [1.807, 2.05) is 18.2 Å². The molecule has 0 bridgehead atoms. The van der Waals surface area contributed by atoms with Crippen molar-refractivity contribution in [2.24, 2.45) is 0 Å². The zero-order chi connectivity index (χ0) is 14.5. The summed E-state index contributed by atoms with van der Waals surface area (Å²) in [6.45, 7) is 0.472. The molecule has 0 saturated carbocycles. The first-order chi connectivity index (χ1) is 9.61. The van der Waals surface area contributed by atoms with Gasteiger partial charge in [0.15, 0.2) is 0 Å². The predicted molar refractivity (Wildman–Crippen MR) is 79.3 cm³/mol. The number of nitro groups is 1. The molecule has 0 amide bonds. The summed E-state index contributed by atoms with van der Waals surface area (Å²) in [5, 5.41) is 22.8. The fourth-order valence-corrected chi connectivity index (χ4v) is 2.24. The monoisotopic (exact) mass is 331 g/mol. The van der Waals surface area contributed by atoms with Gasteiger partial charge in [0.05, 0.1) is 16.6 Å². The lowest BCUT2D eigenvalue weighted by Gasteiger charge is -2.09. The minimum Gasteiger partial charge on any atom is -0.380 e. The second-order valence-corrected chi connectivity index (χ2v) is 4.90. The van der Waals surface area contributed by atoms with Gasteiger partial charge in [-0.25, -0.2) is 0 Å². The van der Waals surface area contributed by atoms with E-state index in [2.05, 4.69) is 27.3 Å². The van der Waals surface area contributed by atoms with Gasteiger partial charge >= 0.3 is 0 Å². The van der Waals surface area contributed by atoms with Gasteiger partial charge in [-0.15, -0.1) is 0 Å². The molecule has 0 heterocycles. The number of halogens is 1. The highest BCUT2D eigenvalue weighted by atomic mass is 79.9. The van der Waals surface area contributed by atoms with Crippen LogP contribution in [0.1, 0.15) is 11.1 Å². The third-order valence-electron chi connectivity index (χ3n) is 2.77. The third kappa shape index (κ3) is 3.13. The normalized spacial score (nSPS) is 9.80. The number of nitrogens with one attached hydrogen (secondary N) is 1. The maximum absolute atomic E-state index is 10.7. The molecule has 0 aromatic heterocycles. The lowest BCUT2D eigenvalue weighted by molar-refractivity contribution is -0.384. The number of hydrogen-bond donors (Lipinski definition) is 1. The zero-order valence-corrected chi connectivity index (χ0v) is 11.9. The quantitative estimate of drug-likeness (QED) is 0.681. The van der Waals surface area contributed by atoms with Crippen molar-refractivity contribution in [3.63, 3.8) is 0 Å². The third-order valence-corrected chi connectivity index (χ3v) is 3.43. The summed E-state index contributed by atoms with van der Waals surface area (Å²) in [4.78, 5) is 10.2. The molecule has 5 nitrogen and oxygen atoms in total. The maximum Gasteiger partial charge on any atom is 0.270 e. The Hall–Kier alpha value is -2.39. The van der Waals surface area contributed by atoms with E-state index in [1.165, 1.54) is 12.1 Å². The van der Waals surface area contributed by atoms with E-state index in [4.69, 9.17) is 5.26 Å². The first-order valence-electron chi connectivity index (χ1n) is 5.77. The van der Waals surface area contributed by atoms with Crippen molar-refractivity contribution in [3.05, 3.63) is 68.2 Å². The topological polar surface area (TPSA) is 79.0 Å². The average molecular weight is 332 g/mol. The summed E-state index contributed by atoms with van der Waals surface area (Å²) < 4.78 is 0.612. The molecule has 6 heteroatoms. The number of non-ortho nitro benzene ring substituents is 1. The Kier molecular flexibility index (Phi) is 4.33. The first-order valence-corrected chi connectivity index (χ1v) is 6.57. The van der Waals surface area contributed by atoms with Crippen LogP contribution in [0.5, 0.6) is 0 Å². The van der Waals surface area contributed by atoms with Crippen LogP contribution in [0.25, 0.3) is 0 Å². The lowest BCUT2D eigenvalue weighted by atomic mass is 10.1. The van der Waals surface area contributed by atoms with Gasteiger partial charge < -0.3 is 5.32 Å². The highest BCUT2D eigenvalue weighted by molar-refractivity contribution is 9.10. The minimum absolute atomic E-state index is 0.0276. The second kappa shape index (κ2) is 6.17. The standard InChI is InChI=1S/C14H10BrN3O2/c15-13-7-12(18(19)20)5-6-14(13)17-9-11-4-2-1-3-10(11)8-16/h1-7,17H,9H2. The summed E-state index contributed by atoms with van der Waals surface area (Å²) in [6, 6.07) is 13.9. The van der Waals surface area contributed by atoms with Gasteiger partial charge in [0.1, 0.15) is 0 Å². The van der Waals surface area contributed by atoms with Gasteiger partial charge in [0, 0.05) is 28.8 Å². The molecule has 0 atom stereocenters. The lowest BCUT2D eigenvalue weighted by Crippen LogP contribution is -2.02. The molecule has 0 fully saturated rings. The number of benzene rings is 2. The molecule has 2 aromatic rings. The highest BCUT2D eigenvalue weighted by Gasteiger charge is 2.09. The number of anilines is 1. The number of nitriles is 1. The van der Waals surface area contributed by atoms with Crippen molar-refractivity contribution < 1.29 is 4.92 Å². The number of nitro benzene ring substituents is 1. The molecule has 0 radical (unpaired) electrons. The largest absolute Gasteiger partial charge is 0.380 e. The summed E-state index contributed by atoms with van der Waals surface area (Å²) in [5.74, 6) is 0. The summed E-state index contributed by atoms with van der Waals surface area (Å²) in [6.07, 6.45) is 0. The van der Waals surface area contributed by atoms with Gasteiger partial charge in [0.25, 0.3) is 5.69 Å². The molecule has 0 spiro atoms. The Morgan fingerprint density at radius 1 is 1.30 bits per heavy atom. The molecule has 2 aromatic carbocycles.